The number of aliphatic hydroxyl groups is 3. The molecule has 5 rings (SSSR count). The van der Waals surface area contributed by atoms with Crippen LogP contribution in [0.1, 0.15) is 97.9 Å². The molecule has 4 saturated heterocycles. The van der Waals surface area contributed by atoms with Crippen molar-refractivity contribution in [3.05, 3.63) is 29.8 Å². The van der Waals surface area contributed by atoms with Crippen LogP contribution in [0.25, 0.3) is 0 Å². The average molecular weight is 792 g/mol. The number of rotatable bonds is 6. The zero-order valence-electron chi connectivity index (χ0n) is 35.4. The predicted molar refractivity (Wildman–Crippen MR) is 209 cm³/mol. The number of ether oxygens (including phenoxy) is 6. The van der Waals surface area contributed by atoms with Crippen LogP contribution in [0.4, 0.5) is 0 Å². The van der Waals surface area contributed by atoms with Crippen LogP contribution in [0, 0.1) is 17.8 Å². The van der Waals surface area contributed by atoms with Gasteiger partial charge in [-0.15, -0.1) is 0 Å². The van der Waals surface area contributed by atoms with Gasteiger partial charge in [-0.05, 0) is 98.6 Å². The van der Waals surface area contributed by atoms with Crippen molar-refractivity contribution in [1.29, 1.82) is 0 Å². The molecule has 14 atom stereocenters. The van der Waals surface area contributed by atoms with Gasteiger partial charge >= 0.3 is 5.97 Å². The molecular formula is C42H69N3O11. The maximum atomic E-state index is 14.3. The summed E-state index contributed by atoms with van der Waals surface area (Å²) in [6.45, 7) is 16.0. The second-order valence-corrected chi connectivity index (χ2v) is 17.7. The number of cyclic esters (lactones) is 1. The van der Waals surface area contributed by atoms with Gasteiger partial charge in [0.25, 0.3) is 5.91 Å². The minimum absolute atomic E-state index is 0.0470. The van der Waals surface area contributed by atoms with Crippen molar-refractivity contribution in [2.45, 2.75) is 159 Å². The van der Waals surface area contributed by atoms with E-state index in [4.69, 9.17) is 28.4 Å². The number of carbonyl (C=O) groups is 2. The number of piperidine rings is 1. The fraction of sp³-hybridized carbons (Fsp3) is 0.810. The number of likely N-dealkylation sites (N-methyl/N-ethyl adjacent to an activating group) is 1. The van der Waals surface area contributed by atoms with Crippen molar-refractivity contribution in [3.63, 3.8) is 0 Å². The summed E-state index contributed by atoms with van der Waals surface area (Å²) < 4.78 is 39.2. The highest BCUT2D eigenvalue weighted by Gasteiger charge is 2.58. The van der Waals surface area contributed by atoms with Crippen molar-refractivity contribution >= 4 is 11.9 Å². The van der Waals surface area contributed by atoms with E-state index >= 15 is 0 Å². The lowest BCUT2D eigenvalue weighted by atomic mass is 9.78. The average Bonchev–Trinajstić information content (AvgIpc) is 3.24. The molecule has 4 heterocycles. The molecule has 2 bridgehead atoms. The van der Waals surface area contributed by atoms with Crippen LogP contribution in [-0.4, -0.2) is 150 Å². The summed E-state index contributed by atoms with van der Waals surface area (Å²) in [5, 5.41) is 38.1. The van der Waals surface area contributed by atoms with E-state index in [1.807, 2.05) is 39.8 Å². The Morgan fingerprint density at radius 3 is 2.39 bits per heavy atom. The predicted octanol–water partition coefficient (Wildman–Crippen LogP) is 3.34. The number of nitrogens with one attached hydrogen (secondary N) is 1. The number of hydrogen-bond donors (Lipinski definition) is 4. The first kappa shape index (κ1) is 44.7. The van der Waals surface area contributed by atoms with E-state index in [1.54, 1.807) is 57.0 Å². The molecule has 4 N–H and O–H groups in total. The normalized spacial score (nSPS) is 41.4. The standard InChI is InChI=1S/C42H69N3O11/c1-12-32-41(8,50)35(47)28(6)43-23-24(2)22-40(7)36(54-39-33(46)31(44(9)10)20-25(3)52-39)26(4)34(27(5)38(49)53-32)55-42(56-40)16-18-45(19-17-42)37(48)29-14-13-15-30(21-29)51-11/h13-15,21,24-28,31-36,39,43,46-47,50H,12,16-20,22-23H2,1-11H3/t24-,25-,26+,27-,28-,31+,32-,33-,34+,35-,36-,39+,40-,41-/m1/s1. The van der Waals surface area contributed by atoms with Crippen LogP contribution in [0.5, 0.6) is 5.75 Å². The number of likely N-dealkylation sites (tertiary alicyclic amines) is 1. The summed E-state index contributed by atoms with van der Waals surface area (Å²) >= 11 is 0. The van der Waals surface area contributed by atoms with Crippen LogP contribution < -0.4 is 10.1 Å². The van der Waals surface area contributed by atoms with Crippen molar-refractivity contribution in [2.24, 2.45) is 17.8 Å². The molecule has 1 amide bonds. The fourth-order valence-electron chi connectivity index (χ4n) is 9.54. The maximum Gasteiger partial charge on any atom is 0.311 e. The van der Waals surface area contributed by atoms with Gasteiger partial charge in [0.2, 0.25) is 0 Å². The third kappa shape index (κ3) is 9.39. The molecule has 4 aliphatic rings. The van der Waals surface area contributed by atoms with Gasteiger partial charge in [0.1, 0.15) is 29.7 Å². The van der Waals surface area contributed by atoms with Crippen LogP contribution in [0.15, 0.2) is 24.3 Å². The largest absolute Gasteiger partial charge is 0.497 e. The van der Waals surface area contributed by atoms with Crippen LogP contribution in [-0.2, 0) is 28.5 Å². The number of carbonyl (C=O) groups excluding carboxylic acids is 2. The van der Waals surface area contributed by atoms with E-state index in [0.717, 1.165) is 0 Å². The van der Waals surface area contributed by atoms with Crippen LogP contribution in [0.3, 0.4) is 0 Å². The summed E-state index contributed by atoms with van der Waals surface area (Å²) in [5.74, 6) is -2.77. The second kappa shape index (κ2) is 17.8. The smallest absolute Gasteiger partial charge is 0.311 e. The Hall–Kier alpha value is -2.40. The Balaban J connectivity index is 1.57. The Morgan fingerprint density at radius 1 is 1.09 bits per heavy atom. The molecule has 1 aromatic carbocycles. The molecular weight excluding hydrogens is 722 g/mol. The van der Waals surface area contributed by atoms with Gasteiger partial charge in [-0.25, -0.2) is 0 Å². The number of hydrogen-bond acceptors (Lipinski definition) is 13. The van der Waals surface area contributed by atoms with E-state index < -0.39 is 77.6 Å². The topological polar surface area (TPSA) is 169 Å². The number of aliphatic hydroxyl groups excluding tert-OH is 2. The summed E-state index contributed by atoms with van der Waals surface area (Å²) in [6, 6.07) is 6.33. The molecule has 56 heavy (non-hydrogen) atoms. The zero-order chi connectivity index (χ0) is 41.3. The lowest BCUT2D eigenvalue weighted by molar-refractivity contribution is -0.331. The van der Waals surface area contributed by atoms with Gasteiger partial charge < -0.3 is 58.9 Å². The lowest BCUT2D eigenvalue weighted by Gasteiger charge is -2.49. The Kier molecular flexibility index (Phi) is 14.2. The van der Waals surface area contributed by atoms with E-state index in [2.05, 4.69) is 12.2 Å². The lowest BCUT2D eigenvalue weighted by Crippen LogP contribution is -2.60. The van der Waals surface area contributed by atoms with Gasteiger partial charge in [-0.3, -0.25) is 9.59 Å². The van der Waals surface area contributed by atoms with Gasteiger partial charge in [-0.1, -0.05) is 26.8 Å². The van der Waals surface area contributed by atoms with Crippen LogP contribution >= 0.6 is 0 Å². The quantitative estimate of drug-likeness (QED) is 0.310. The van der Waals surface area contributed by atoms with Gasteiger partial charge in [0.15, 0.2) is 12.1 Å². The molecule has 1 aromatic rings. The number of fused-ring (bicyclic) bond motifs is 3. The highest BCUT2D eigenvalue weighted by molar-refractivity contribution is 5.94. The van der Waals surface area contributed by atoms with E-state index in [9.17, 15) is 24.9 Å². The SMILES string of the molecule is CC[C@H]1OC(=O)[C@H](C)[C@H]2OC3(CCN(C(=O)c4cccc(OC)c4)CC3)O[C@](C)(C[C@@H](C)CN[C@H](C)[C@@H](O)[C@]1(C)O)[C@H](O[C@@H]1O[C@H](C)C[C@H](N(C)C)[C@H]1O)[C@H]2C. The summed E-state index contributed by atoms with van der Waals surface area (Å²) in [4.78, 5) is 31.8. The van der Waals surface area contributed by atoms with Crippen molar-refractivity contribution < 1.29 is 53.3 Å². The highest BCUT2D eigenvalue weighted by atomic mass is 16.7. The van der Waals surface area contributed by atoms with Crippen molar-refractivity contribution in [1.82, 2.24) is 15.1 Å². The minimum Gasteiger partial charge on any atom is -0.497 e. The zero-order valence-corrected chi connectivity index (χ0v) is 35.4. The number of nitrogens with zero attached hydrogens (tertiary/aromatic N) is 2. The number of benzene rings is 1. The summed E-state index contributed by atoms with van der Waals surface area (Å²) in [6.07, 6.45) is -3.97. The molecule has 0 saturated carbocycles. The molecule has 0 aromatic heterocycles. The second-order valence-electron chi connectivity index (χ2n) is 17.7. The van der Waals surface area contributed by atoms with Crippen molar-refractivity contribution in [3.8, 4) is 5.75 Å². The Morgan fingerprint density at radius 2 is 1.77 bits per heavy atom. The van der Waals surface area contributed by atoms with Crippen LogP contribution in [0.2, 0.25) is 0 Å². The van der Waals surface area contributed by atoms with Gasteiger partial charge in [0, 0.05) is 49.5 Å². The monoisotopic (exact) mass is 791 g/mol. The molecule has 0 aliphatic carbocycles. The minimum atomic E-state index is -1.75. The van der Waals surface area contributed by atoms with E-state index in [-0.39, 0.29) is 30.4 Å². The molecule has 4 aliphatic heterocycles. The first-order chi connectivity index (χ1) is 26.3. The van der Waals surface area contributed by atoms with Gasteiger partial charge in [0.05, 0.1) is 36.9 Å². The fourth-order valence-corrected chi connectivity index (χ4v) is 9.54. The van der Waals surface area contributed by atoms with E-state index in [1.165, 1.54) is 6.92 Å². The molecule has 4 fully saturated rings. The highest BCUT2D eigenvalue weighted by Crippen LogP contribution is 2.48. The maximum absolute atomic E-state index is 14.3. The molecule has 14 nitrogen and oxygen atoms in total. The third-order valence-electron chi connectivity index (χ3n) is 12.8. The number of amides is 1. The molecule has 0 radical (unpaired) electrons. The Bertz CT molecular complexity index is 1490. The summed E-state index contributed by atoms with van der Waals surface area (Å²) in [5.41, 5.74) is -2.29. The molecule has 0 unspecified atom stereocenters. The number of methoxy groups -OCH3 is 1. The molecule has 318 valence electrons. The van der Waals surface area contributed by atoms with Crippen molar-refractivity contribution in [2.75, 3.05) is 40.8 Å². The first-order valence-electron chi connectivity index (χ1n) is 20.6. The van der Waals surface area contributed by atoms with Gasteiger partial charge in [-0.2, -0.15) is 0 Å². The third-order valence-corrected chi connectivity index (χ3v) is 12.8. The molecule has 1 spiro atoms. The number of esters is 1. The van der Waals surface area contributed by atoms with E-state index in [0.29, 0.717) is 56.6 Å². The first-order valence-corrected chi connectivity index (χ1v) is 20.6. The summed E-state index contributed by atoms with van der Waals surface area (Å²) in [7, 11) is 5.42. The Labute approximate surface area is 333 Å². The molecule has 14 heteroatoms.